The van der Waals surface area contributed by atoms with Crippen molar-refractivity contribution in [1.82, 2.24) is 0 Å². The first-order valence-corrected chi connectivity index (χ1v) is 7.93. The molecule has 3 rings (SSSR count). The van der Waals surface area contributed by atoms with Crippen molar-refractivity contribution in [2.24, 2.45) is 4.99 Å². The summed E-state index contributed by atoms with van der Waals surface area (Å²) in [5.41, 5.74) is 2.35. The number of hydrogen-bond acceptors (Lipinski definition) is 3. The zero-order chi connectivity index (χ0) is 15.4. The highest BCUT2D eigenvalue weighted by Gasteiger charge is 2.24. The van der Waals surface area contributed by atoms with Crippen LogP contribution in [0.2, 0.25) is 0 Å². The molecule has 0 atom stereocenters. The van der Waals surface area contributed by atoms with Crippen LogP contribution in [0.3, 0.4) is 0 Å². The first-order chi connectivity index (χ1) is 10.8. The lowest BCUT2D eigenvalue weighted by molar-refractivity contribution is 0.415. The molecule has 1 aliphatic heterocycles. The predicted molar refractivity (Wildman–Crippen MR) is 95.7 cm³/mol. The van der Waals surface area contributed by atoms with Gasteiger partial charge in [0.05, 0.1) is 13.7 Å². The van der Waals surface area contributed by atoms with Gasteiger partial charge in [-0.2, -0.15) is 0 Å². The van der Waals surface area contributed by atoms with Gasteiger partial charge in [0.2, 0.25) is 0 Å². The van der Waals surface area contributed by atoms with Crippen LogP contribution in [0.4, 0.5) is 5.69 Å². The third kappa shape index (κ3) is 3.17. The Morgan fingerprint density at radius 3 is 2.45 bits per heavy atom. The van der Waals surface area contributed by atoms with Gasteiger partial charge in [0.1, 0.15) is 5.75 Å². The number of hydrogen-bond donors (Lipinski definition) is 0. The molecule has 0 radical (unpaired) electrons. The maximum Gasteiger partial charge on any atom is 0.168 e. The predicted octanol–water partition coefficient (Wildman–Crippen LogP) is 4.28. The van der Waals surface area contributed by atoms with Gasteiger partial charge in [0.25, 0.3) is 0 Å². The Labute approximate surface area is 135 Å². The topological polar surface area (TPSA) is 24.8 Å². The number of methoxy groups -OCH3 is 1. The molecule has 3 nitrogen and oxygen atoms in total. The van der Waals surface area contributed by atoms with Crippen molar-refractivity contribution in [1.29, 1.82) is 0 Å². The summed E-state index contributed by atoms with van der Waals surface area (Å²) in [6.45, 7) is 0.855. The van der Waals surface area contributed by atoms with Gasteiger partial charge in [-0.1, -0.05) is 42.1 Å². The first kappa shape index (κ1) is 14.7. The van der Waals surface area contributed by atoms with Crippen molar-refractivity contribution in [2.45, 2.75) is 0 Å². The van der Waals surface area contributed by atoms with Crippen molar-refractivity contribution in [3.63, 3.8) is 0 Å². The zero-order valence-electron chi connectivity index (χ0n) is 12.7. The van der Waals surface area contributed by atoms with E-state index in [1.807, 2.05) is 25.2 Å². The molecule has 0 aliphatic carbocycles. The second-order valence-corrected chi connectivity index (χ2v) is 6.01. The van der Waals surface area contributed by atoms with E-state index in [-0.39, 0.29) is 0 Å². The van der Waals surface area contributed by atoms with Gasteiger partial charge in [0, 0.05) is 17.6 Å². The Morgan fingerprint density at radius 1 is 1.09 bits per heavy atom. The molecule has 0 amide bonds. The number of rotatable bonds is 3. The highest BCUT2D eigenvalue weighted by Crippen LogP contribution is 2.34. The van der Waals surface area contributed by atoms with Crippen molar-refractivity contribution in [3.05, 3.63) is 65.1 Å². The fourth-order valence-corrected chi connectivity index (χ4v) is 3.36. The van der Waals surface area contributed by atoms with Crippen molar-refractivity contribution >= 4 is 28.7 Å². The Morgan fingerprint density at radius 2 is 1.82 bits per heavy atom. The van der Waals surface area contributed by atoms with Crippen LogP contribution < -0.4 is 9.64 Å². The van der Waals surface area contributed by atoms with Crippen LogP contribution in [-0.2, 0) is 0 Å². The molecule has 0 unspecified atom stereocenters. The second kappa shape index (κ2) is 6.71. The molecule has 2 aromatic rings. The van der Waals surface area contributed by atoms with Crippen molar-refractivity contribution < 1.29 is 4.74 Å². The molecule has 112 valence electrons. The van der Waals surface area contributed by atoms with Crippen molar-refractivity contribution in [3.8, 4) is 5.75 Å². The minimum Gasteiger partial charge on any atom is -0.497 e. The fraction of sp³-hybridized carbons (Fsp3) is 0.167. The Balaban J connectivity index is 1.83. The van der Waals surface area contributed by atoms with Crippen LogP contribution in [0.5, 0.6) is 5.75 Å². The minimum absolute atomic E-state index is 0.855. The number of benzene rings is 2. The van der Waals surface area contributed by atoms with E-state index in [4.69, 9.17) is 4.74 Å². The summed E-state index contributed by atoms with van der Waals surface area (Å²) in [5, 5.41) is 1.03. The Kier molecular flexibility index (Phi) is 4.49. The van der Waals surface area contributed by atoms with Gasteiger partial charge in [0.15, 0.2) is 5.17 Å². The number of thioether (sulfide) groups is 1. The van der Waals surface area contributed by atoms with E-state index in [1.165, 1.54) is 16.2 Å². The highest BCUT2D eigenvalue weighted by atomic mass is 32.2. The lowest BCUT2D eigenvalue weighted by Crippen LogP contribution is -2.23. The summed E-state index contributed by atoms with van der Waals surface area (Å²) in [5.74, 6) is 0.878. The van der Waals surface area contributed by atoms with E-state index in [0.29, 0.717) is 0 Å². The quantitative estimate of drug-likeness (QED) is 0.846. The molecule has 1 heterocycles. The lowest BCUT2D eigenvalue weighted by Gasteiger charge is -2.16. The molecule has 1 aliphatic rings. The van der Waals surface area contributed by atoms with E-state index >= 15 is 0 Å². The summed E-state index contributed by atoms with van der Waals surface area (Å²) in [6.07, 6.45) is 2.21. The van der Waals surface area contributed by atoms with Crippen LogP contribution in [0.25, 0.3) is 6.08 Å². The van der Waals surface area contributed by atoms with E-state index in [9.17, 15) is 0 Å². The van der Waals surface area contributed by atoms with E-state index < -0.39 is 0 Å². The number of anilines is 1. The first-order valence-electron chi connectivity index (χ1n) is 7.12. The molecule has 22 heavy (non-hydrogen) atoms. The number of para-hydroxylation sites is 1. The van der Waals surface area contributed by atoms with Crippen LogP contribution in [0.15, 0.2) is 64.5 Å². The lowest BCUT2D eigenvalue weighted by atomic mass is 10.2. The highest BCUT2D eigenvalue weighted by molar-refractivity contribution is 8.18. The molecule has 0 N–H and O–H groups in total. The monoisotopic (exact) mass is 310 g/mol. The van der Waals surface area contributed by atoms with Gasteiger partial charge in [-0.05, 0) is 35.9 Å². The smallest absolute Gasteiger partial charge is 0.168 e. The standard InChI is InChI=1S/C18H18N2OS/c1-19-18-20(15-6-4-3-5-7-15)13-17(22-18)12-14-8-10-16(21-2)11-9-14/h3-12H,13H2,1-2H3/b17-12-,19-18?. The largest absolute Gasteiger partial charge is 0.497 e. The second-order valence-electron chi connectivity index (χ2n) is 4.91. The molecule has 0 saturated carbocycles. The average molecular weight is 310 g/mol. The third-order valence-corrected chi connectivity index (χ3v) is 4.56. The van der Waals surface area contributed by atoms with Crippen LogP contribution in [0.1, 0.15) is 5.56 Å². The molecule has 1 fully saturated rings. The van der Waals surface area contributed by atoms with Crippen LogP contribution >= 0.6 is 11.8 Å². The van der Waals surface area contributed by atoms with Gasteiger partial charge >= 0.3 is 0 Å². The molecule has 0 aromatic heterocycles. The molecule has 1 saturated heterocycles. The molecule has 2 aromatic carbocycles. The maximum absolute atomic E-state index is 5.20. The SMILES string of the molecule is CN=C1S/C(=C\c2ccc(OC)cc2)CN1c1ccccc1. The average Bonchev–Trinajstić information content (AvgIpc) is 2.99. The number of amidine groups is 1. The molecule has 0 spiro atoms. The third-order valence-electron chi connectivity index (χ3n) is 3.47. The molecule has 4 heteroatoms. The molecular weight excluding hydrogens is 292 g/mol. The number of aliphatic imine (C=N–C) groups is 1. The normalized spacial score (nSPS) is 18.2. The van der Waals surface area contributed by atoms with Gasteiger partial charge in [-0.15, -0.1) is 0 Å². The summed E-state index contributed by atoms with van der Waals surface area (Å²) >= 11 is 1.72. The fourth-order valence-electron chi connectivity index (χ4n) is 2.37. The van der Waals surface area contributed by atoms with Gasteiger partial charge < -0.3 is 9.64 Å². The maximum atomic E-state index is 5.20. The van der Waals surface area contributed by atoms with E-state index in [1.54, 1.807) is 18.9 Å². The summed E-state index contributed by atoms with van der Waals surface area (Å²) in [4.78, 5) is 7.93. The minimum atomic E-state index is 0.855. The summed E-state index contributed by atoms with van der Waals surface area (Å²) in [6, 6.07) is 18.5. The molecular formula is C18H18N2OS. The number of nitrogens with zero attached hydrogens (tertiary/aromatic N) is 2. The van der Waals surface area contributed by atoms with Crippen molar-refractivity contribution in [2.75, 3.05) is 25.6 Å². The zero-order valence-corrected chi connectivity index (χ0v) is 13.5. The summed E-state index contributed by atoms with van der Waals surface area (Å²) < 4.78 is 5.20. The van der Waals surface area contributed by atoms with Gasteiger partial charge in [-0.25, -0.2) is 0 Å². The summed E-state index contributed by atoms with van der Waals surface area (Å²) in [7, 11) is 3.52. The van der Waals surface area contributed by atoms with Crippen LogP contribution in [-0.4, -0.2) is 25.9 Å². The Bertz CT molecular complexity index is 693. The van der Waals surface area contributed by atoms with E-state index in [0.717, 1.165) is 17.5 Å². The molecule has 0 bridgehead atoms. The number of ether oxygens (including phenoxy) is 1. The van der Waals surface area contributed by atoms with Gasteiger partial charge in [-0.3, -0.25) is 4.99 Å². The Hall–Kier alpha value is -2.20. The van der Waals surface area contributed by atoms with E-state index in [2.05, 4.69) is 52.4 Å². The van der Waals surface area contributed by atoms with Crippen LogP contribution in [0, 0.1) is 0 Å².